The number of nitrogens with zero attached hydrogens (tertiary/aromatic N) is 4. The lowest BCUT2D eigenvalue weighted by Gasteiger charge is -2.32. The molecule has 0 saturated carbocycles. The largest absolute Gasteiger partial charge is 0.463 e. The molecule has 3 amide bonds. The molecule has 1 atom stereocenters. The number of likely N-dealkylation sites (tertiary alicyclic amines) is 1. The van der Waals surface area contributed by atoms with E-state index in [4.69, 9.17) is 21.1 Å². The summed E-state index contributed by atoms with van der Waals surface area (Å²) in [4.78, 5) is 69.5. The van der Waals surface area contributed by atoms with Crippen molar-refractivity contribution >= 4 is 34.7 Å². The second kappa shape index (κ2) is 22.0. The van der Waals surface area contributed by atoms with Crippen LogP contribution in [0, 0.1) is 11.3 Å². The molecule has 1 saturated heterocycles. The van der Waals surface area contributed by atoms with Crippen LogP contribution in [-0.4, -0.2) is 99.8 Å². The summed E-state index contributed by atoms with van der Waals surface area (Å²) in [5.41, 5.74) is 7.53. The first-order chi connectivity index (χ1) is 27.6. The molecule has 322 valence electrons. The summed E-state index contributed by atoms with van der Waals surface area (Å²) in [6.45, 7) is 16.0. The number of H-pyrrole nitrogens is 1. The van der Waals surface area contributed by atoms with Gasteiger partial charge in [-0.1, -0.05) is 37.6 Å². The van der Waals surface area contributed by atoms with E-state index < -0.39 is 17.1 Å². The molecule has 3 aromatic rings. The molecule has 1 aromatic carbocycles. The van der Waals surface area contributed by atoms with Crippen molar-refractivity contribution in [3.63, 3.8) is 0 Å². The molecule has 8 N–H and O–H groups in total. The number of aromatic nitrogens is 4. The number of imidazole rings is 1. The Bertz CT molecular complexity index is 1830. The first kappa shape index (κ1) is 46.1. The molecule has 0 aliphatic carbocycles. The molecule has 0 spiro atoms. The molecule has 1 aliphatic heterocycles. The number of ether oxygens (including phenoxy) is 2. The van der Waals surface area contributed by atoms with E-state index in [2.05, 4.69) is 59.7 Å². The Hall–Kier alpha value is -4.58. The Morgan fingerprint density at radius 2 is 1.66 bits per heavy atom. The van der Waals surface area contributed by atoms with Crippen LogP contribution in [0.15, 0.2) is 29.1 Å². The van der Waals surface area contributed by atoms with Crippen molar-refractivity contribution in [2.75, 3.05) is 51.7 Å². The summed E-state index contributed by atoms with van der Waals surface area (Å²) in [5.74, 6) is 4.84. The number of anilines is 1. The topological polar surface area (TPSA) is 234 Å². The summed E-state index contributed by atoms with van der Waals surface area (Å²) in [6, 6.07) is 7.71. The van der Waals surface area contributed by atoms with Crippen LogP contribution in [0.1, 0.15) is 104 Å². The third kappa shape index (κ3) is 14.7. The lowest BCUT2D eigenvalue weighted by molar-refractivity contribution is -0.139. The third-order valence-electron chi connectivity index (χ3n) is 10.2. The smallest absolute Gasteiger partial charge is 0.328 e. The van der Waals surface area contributed by atoms with Gasteiger partial charge in [-0.05, 0) is 110 Å². The second-order valence-corrected chi connectivity index (χ2v) is 16.9. The molecule has 1 fully saturated rings. The lowest BCUT2D eigenvalue weighted by Crippen LogP contribution is -2.52. The Labute approximate surface area is 341 Å². The third-order valence-corrected chi connectivity index (χ3v) is 10.2. The Morgan fingerprint density at radius 1 is 0.966 bits per heavy atom. The van der Waals surface area contributed by atoms with Crippen LogP contribution in [-0.2, 0) is 37.0 Å². The van der Waals surface area contributed by atoms with Gasteiger partial charge in [-0.15, -0.1) is 0 Å². The summed E-state index contributed by atoms with van der Waals surface area (Å²) in [6.07, 6.45) is 6.41. The first-order valence-electron chi connectivity index (χ1n) is 20.6. The van der Waals surface area contributed by atoms with Crippen molar-refractivity contribution < 1.29 is 28.7 Å². The minimum absolute atomic E-state index is 0.162. The van der Waals surface area contributed by atoms with Crippen LogP contribution in [0.2, 0.25) is 0 Å². The van der Waals surface area contributed by atoms with Gasteiger partial charge in [-0.2, -0.15) is 9.97 Å². The number of rotatable bonds is 23. The molecular formula is C41H66N10O7. The van der Waals surface area contributed by atoms with E-state index in [0.29, 0.717) is 62.6 Å². The number of carbonyl (C=O) groups excluding carboxylic acids is 3. The fourth-order valence-electron chi connectivity index (χ4n) is 6.61. The van der Waals surface area contributed by atoms with Gasteiger partial charge in [0, 0.05) is 19.6 Å². The highest BCUT2D eigenvalue weighted by Crippen LogP contribution is 2.24. The number of nitrogen functional groups attached to an aromatic ring is 1. The molecule has 17 heteroatoms. The standard InChI is InChI=1S/C41H66N10O7/c1-7-8-23-56-38-48-34(42)33-35(49-38)51(39(55)47-33)25-30-14-12-29(13-15-30)24-50-21-17-28(18-22-50)16-20-45-36(53)31(11-9-10-19-44-32(52)26-58-43)46-37(54)41(5,6)27-57-40(2,3)4/h12-15,28,31H,7-11,16-27,43H2,1-6H3,(H,44,52)(H,45,53)(H,46,54)(H,47,55)(H2,42,48,49)/t31-/m0/s1. The molecular weight excluding hydrogens is 745 g/mol. The molecule has 4 rings (SSSR count). The van der Waals surface area contributed by atoms with Gasteiger partial charge in [-0.25, -0.2) is 10.7 Å². The molecule has 1 aliphatic rings. The van der Waals surface area contributed by atoms with Crippen molar-refractivity contribution in [1.82, 2.24) is 40.4 Å². The van der Waals surface area contributed by atoms with E-state index in [1.165, 1.54) is 5.56 Å². The van der Waals surface area contributed by atoms with Gasteiger partial charge in [0.2, 0.25) is 17.7 Å². The van der Waals surface area contributed by atoms with E-state index in [1.54, 1.807) is 4.57 Å². The van der Waals surface area contributed by atoms with Gasteiger partial charge in [0.15, 0.2) is 11.5 Å². The van der Waals surface area contributed by atoms with Crippen molar-refractivity contribution in [2.45, 2.75) is 118 Å². The maximum atomic E-state index is 13.4. The van der Waals surface area contributed by atoms with E-state index in [0.717, 1.165) is 57.3 Å². The molecule has 2 aromatic heterocycles. The monoisotopic (exact) mass is 811 g/mol. The Kier molecular flexibility index (Phi) is 17.5. The highest BCUT2D eigenvalue weighted by molar-refractivity contribution is 5.89. The predicted octanol–water partition coefficient (Wildman–Crippen LogP) is 3.15. The first-order valence-corrected chi connectivity index (χ1v) is 20.6. The van der Waals surface area contributed by atoms with Crippen molar-refractivity contribution in [3.8, 4) is 6.01 Å². The van der Waals surface area contributed by atoms with E-state index in [-0.39, 0.29) is 48.5 Å². The lowest BCUT2D eigenvalue weighted by atomic mass is 9.92. The summed E-state index contributed by atoms with van der Waals surface area (Å²) >= 11 is 0. The van der Waals surface area contributed by atoms with E-state index in [1.807, 2.05) is 46.8 Å². The van der Waals surface area contributed by atoms with Gasteiger partial charge in [0.05, 0.1) is 30.8 Å². The zero-order chi connectivity index (χ0) is 42.3. The average Bonchev–Trinajstić information content (AvgIpc) is 3.49. The van der Waals surface area contributed by atoms with Crippen molar-refractivity contribution in [2.24, 2.45) is 17.2 Å². The number of hydrogen-bond donors (Lipinski definition) is 6. The van der Waals surface area contributed by atoms with Crippen molar-refractivity contribution in [1.29, 1.82) is 0 Å². The van der Waals surface area contributed by atoms with Crippen LogP contribution in [0.5, 0.6) is 6.01 Å². The van der Waals surface area contributed by atoms with Gasteiger partial charge in [0.25, 0.3) is 0 Å². The summed E-state index contributed by atoms with van der Waals surface area (Å²) in [7, 11) is 0. The fourth-order valence-corrected chi connectivity index (χ4v) is 6.61. The number of hydrogen-bond acceptors (Lipinski definition) is 12. The highest BCUT2D eigenvalue weighted by Gasteiger charge is 2.33. The maximum absolute atomic E-state index is 13.4. The van der Waals surface area contributed by atoms with E-state index >= 15 is 0 Å². The van der Waals surface area contributed by atoms with E-state index in [9.17, 15) is 19.2 Å². The number of piperidine rings is 1. The van der Waals surface area contributed by atoms with Crippen LogP contribution < -0.4 is 38.0 Å². The molecule has 0 radical (unpaired) electrons. The number of carbonyl (C=O) groups is 3. The van der Waals surface area contributed by atoms with Gasteiger partial charge < -0.3 is 36.1 Å². The normalized spacial score (nSPS) is 14.7. The number of amides is 3. The van der Waals surface area contributed by atoms with Gasteiger partial charge >= 0.3 is 11.7 Å². The number of nitrogens with one attached hydrogen (secondary N) is 4. The number of benzene rings is 1. The highest BCUT2D eigenvalue weighted by atomic mass is 16.6. The number of fused-ring (bicyclic) bond motifs is 1. The van der Waals surface area contributed by atoms with Crippen LogP contribution in [0.25, 0.3) is 11.2 Å². The number of nitrogens with two attached hydrogens (primary N) is 2. The number of unbranched alkanes of at least 4 members (excludes halogenated alkanes) is 2. The molecule has 17 nitrogen and oxygen atoms in total. The molecule has 58 heavy (non-hydrogen) atoms. The van der Waals surface area contributed by atoms with Crippen molar-refractivity contribution in [3.05, 3.63) is 45.9 Å². The SMILES string of the molecule is CCCCOc1nc(N)c2[nH]c(=O)n(Cc3ccc(CN4CCC(CCNC(=O)[C@H](CCCCNC(=O)CON)NC(=O)C(C)(C)COC(C)(C)C)CC4)cc3)c2n1. The molecule has 3 heterocycles. The zero-order valence-electron chi connectivity index (χ0n) is 35.3. The second-order valence-electron chi connectivity index (χ2n) is 16.9. The molecule has 0 bridgehead atoms. The van der Waals surface area contributed by atoms with Gasteiger partial charge in [0.1, 0.15) is 18.2 Å². The minimum atomic E-state index is -0.837. The van der Waals surface area contributed by atoms with Crippen LogP contribution in [0.4, 0.5) is 5.82 Å². The Balaban J connectivity index is 1.23. The summed E-state index contributed by atoms with van der Waals surface area (Å²) < 4.78 is 13.1. The zero-order valence-corrected chi connectivity index (χ0v) is 35.3. The van der Waals surface area contributed by atoms with Crippen LogP contribution >= 0.6 is 0 Å². The average molecular weight is 811 g/mol. The fraction of sp³-hybridized carbons (Fsp3) is 0.659. The Morgan fingerprint density at radius 3 is 2.31 bits per heavy atom. The number of aromatic amines is 1. The maximum Gasteiger partial charge on any atom is 0.328 e. The quantitative estimate of drug-likeness (QED) is 0.0599. The predicted molar refractivity (Wildman–Crippen MR) is 223 cm³/mol. The molecule has 0 unspecified atom stereocenters. The van der Waals surface area contributed by atoms with Crippen LogP contribution in [0.3, 0.4) is 0 Å². The van der Waals surface area contributed by atoms with Gasteiger partial charge in [-0.3, -0.25) is 28.7 Å². The minimum Gasteiger partial charge on any atom is -0.463 e. The summed E-state index contributed by atoms with van der Waals surface area (Å²) in [5, 5.41) is 8.77.